The van der Waals surface area contributed by atoms with Crippen LogP contribution < -0.4 is 15.6 Å². The summed E-state index contributed by atoms with van der Waals surface area (Å²) in [6.45, 7) is 5.11. The summed E-state index contributed by atoms with van der Waals surface area (Å²) in [6.07, 6.45) is -1.06. The molecule has 1 aromatic carbocycles. The van der Waals surface area contributed by atoms with E-state index in [4.69, 9.17) is 16.3 Å². The van der Waals surface area contributed by atoms with Crippen LogP contribution in [-0.2, 0) is 4.79 Å². The lowest BCUT2D eigenvalue weighted by Crippen LogP contribution is -2.47. The Hall–Kier alpha value is -3.46. The van der Waals surface area contributed by atoms with E-state index < -0.39 is 23.7 Å². The minimum absolute atomic E-state index is 0.0752. The van der Waals surface area contributed by atoms with Crippen molar-refractivity contribution in [3.8, 4) is 11.6 Å². The normalized spacial score (nSPS) is 11.6. The molecule has 3 aromatic rings. The predicted octanol–water partition coefficient (Wildman–Crippen LogP) is 2.91. The van der Waals surface area contributed by atoms with Crippen molar-refractivity contribution in [1.82, 2.24) is 25.6 Å². The van der Waals surface area contributed by atoms with Crippen molar-refractivity contribution in [1.29, 1.82) is 0 Å². The number of hydrogen-bond acceptors (Lipinski definition) is 5. The van der Waals surface area contributed by atoms with Crippen LogP contribution in [-0.4, -0.2) is 32.7 Å². The molecule has 0 radical (unpaired) electrons. The molecule has 156 valence electrons. The Balaban J connectivity index is 1.67. The highest BCUT2D eigenvalue weighted by Crippen LogP contribution is 2.18. The highest BCUT2D eigenvalue weighted by molar-refractivity contribution is 6.33. The Bertz CT molecular complexity index is 1100. The molecule has 1 atom stereocenters. The van der Waals surface area contributed by atoms with Crippen LogP contribution in [0.2, 0.25) is 5.02 Å². The lowest BCUT2D eigenvalue weighted by atomic mass is 10.3. The molecule has 2 aromatic heterocycles. The molecule has 0 aliphatic carbocycles. The molecule has 0 fully saturated rings. The van der Waals surface area contributed by atoms with E-state index in [0.29, 0.717) is 5.82 Å². The molecule has 0 bridgehead atoms. The number of nitrogens with zero attached hydrogens (tertiary/aromatic N) is 3. The van der Waals surface area contributed by atoms with Crippen LogP contribution in [0, 0.1) is 19.7 Å². The van der Waals surface area contributed by atoms with Crippen LogP contribution in [0.15, 0.2) is 42.5 Å². The summed E-state index contributed by atoms with van der Waals surface area (Å²) in [7, 11) is 0. The second-order valence-electron chi connectivity index (χ2n) is 6.47. The van der Waals surface area contributed by atoms with Gasteiger partial charge in [-0.15, -0.1) is 0 Å². The number of hydrogen-bond donors (Lipinski definition) is 2. The number of pyridine rings is 1. The first-order chi connectivity index (χ1) is 14.3. The monoisotopic (exact) mass is 431 g/mol. The van der Waals surface area contributed by atoms with E-state index in [-0.39, 0.29) is 16.5 Å². The van der Waals surface area contributed by atoms with Crippen molar-refractivity contribution in [3.05, 3.63) is 70.4 Å². The molecule has 0 spiro atoms. The fraction of sp³-hybridized carbons (Fsp3) is 0.200. The predicted molar refractivity (Wildman–Crippen MR) is 108 cm³/mol. The lowest BCUT2D eigenvalue weighted by Gasteiger charge is -2.15. The van der Waals surface area contributed by atoms with Crippen LogP contribution in [0.3, 0.4) is 0 Å². The molecule has 1 unspecified atom stereocenters. The van der Waals surface area contributed by atoms with Gasteiger partial charge in [0.25, 0.3) is 11.8 Å². The number of benzene rings is 1. The number of carbonyl (C=O) groups excluding carboxylic acids is 2. The van der Waals surface area contributed by atoms with Crippen molar-refractivity contribution >= 4 is 23.4 Å². The van der Waals surface area contributed by atoms with Crippen LogP contribution in [0.1, 0.15) is 28.8 Å². The zero-order valence-corrected chi connectivity index (χ0v) is 17.2. The van der Waals surface area contributed by atoms with Gasteiger partial charge in [-0.05, 0) is 51.1 Å². The van der Waals surface area contributed by atoms with E-state index in [1.165, 1.54) is 31.2 Å². The van der Waals surface area contributed by atoms with Gasteiger partial charge in [-0.3, -0.25) is 20.4 Å². The van der Waals surface area contributed by atoms with E-state index in [2.05, 4.69) is 20.9 Å². The number of hydrazine groups is 1. The molecular formula is C20H19ClFN5O3. The second-order valence-corrected chi connectivity index (χ2v) is 6.88. The van der Waals surface area contributed by atoms with Crippen molar-refractivity contribution in [2.75, 3.05) is 0 Å². The van der Waals surface area contributed by atoms with E-state index in [0.717, 1.165) is 11.4 Å². The zero-order valence-electron chi connectivity index (χ0n) is 16.4. The maximum atomic E-state index is 13.6. The average Bonchev–Trinajstić information content (AvgIpc) is 3.05. The van der Waals surface area contributed by atoms with Gasteiger partial charge in [0.1, 0.15) is 0 Å². The Morgan fingerprint density at radius 2 is 1.90 bits per heavy atom. The third-order valence-corrected chi connectivity index (χ3v) is 4.39. The van der Waals surface area contributed by atoms with Crippen molar-refractivity contribution in [2.24, 2.45) is 0 Å². The van der Waals surface area contributed by atoms with Gasteiger partial charge in [0.2, 0.25) is 0 Å². The minimum Gasteiger partial charge on any atom is -0.478 e. The fourth-order valence-corrected chi connectivity index (χ4v) is 2.82. The van der Waals surface area contributed by atoms with Crippen LogP contribution in [0.25, 0.3) is 5.82 Å². The summed E-state index contributed by atoms with van der Waals surface area (Å²) in [4.78, 5) is 28.9. The first kappa shape index (κ1) is 21.3. The standard InChI is InChI=1S/C20H19ClFN5O3/c1-11-10-12(2)27(26-11)17-9-8-14(21)18(23-17)20(29)25-24-19(28)13(3)30-16-7-5-4-6-15(16)22/h4-10,13H,1-3H3,(H,24,28)(H,25,29). The molecule has 3 rings (SSSR count). The molecule has 0 aliphatic rings. The van der Waals surface area contributed by atoms with Crippen molar-refractivity contribution in [3.63, 3.8) is 0 Å². The molecule has 0 aliphatic heterocycles. The zero-order chi connectivity index (χ0) is 21.8. The Kier molecular flexibility index (Phi) is 6.31. The minimum atomic E-state index is -1.06. The average molecular weight is 432 g/mol. The topological polar surface area (TPSA) is 98.1 Å². The number of carbonyl (C=O) groups is 2. The number of nitrogens with one attached hydrogen (secondary N) is 2. The van der Waals surface area contributed by atoms with Gasteiger partial charge in [-0.1, -0.05) is 23.7 Å². The van der Waals surface area contributed by atoms with Gasteiger partial charge in [0, 0.05) is 5.69 Å². The molecule has 8 nitrogen and oxygen atoms in total. The number of aromatic nitrogens is 3. The van der Waals surface area contributed by atoms with Crippen molar-refractivity contribution in [2.45, 2.75) is 26.9 Å². The molecule has 2 N–H and O–H groups in total. The third-order valence-electron chi connectivity index (χ3n) is 4.08. The van der Waals surface area contributed by atoms with Gasteiger partial charge >= 0.3 is 0 Å². The summed E-state index contributed by atoms with van der Waals surface area (Å²) in [5.74, 6) is -1.68. The highest BCUT2D eigenvalue weighted by Gasteiger charge is 2.19. The van der Waals surface area contributed by atoms with Crippen LogP contribution in [0.4, 0.5) is 4.39 Å². The van der Waals surface area contributed by atoms with E-state index in [9.17, 15) is 14.0 Å². The number of aryl methyl sites for hydroxylation is 2. The largest absolute Gasteiger partial charge is 0.478 e. The van der Waals surface area contributed by atoms with E-state index in [1.54, 1.807) is 16.8 Å². The number of ether oxygens (including phenoxy) is 1. The molecule has 2 amide bonds. The first-order valence-corrected chi connectivity index (χ1v) is 9.35. The van der Waals surface area contributed by atoms with Gasteiger partial charge in [-0.25, -0.2) is 14.1 Å². The van der Waals surface area contributed by atoms with Gasteiger partial charge in [-0.2, -0.15) is 5.10 Å². The van der Waals surface area contributed by atoms with E-state index >= 15 is 0 Å². The first-order valence-electron chi connectivity index (χ1n) is 8.98. The summed E-state index contributed by atoms with van der Waals surface area (Å²) < 4.78 is 20.5. The second kappa shape index (κ2) is 8.91. The summed E-state index contributed by atoms with van der Waals surface area (Å²) in [5.41, 5.74) is 5.98. The fourth-order valence-electron chi connectivity index (χ4n) is 2.63. The smallest absolute Gasteiger partial charge is 0.289 e. The number of rotatable bonds is 5. The van der Waals surface area contributed by atoms with Crippen molar-refractivity contribution < 1.29 is 18.7 Å². The van der Waals surface area contributed by atoms with Gasteiger partial charge in [0.15, 0.2) is 29.2 Å². The maximum absolute atomic E-state index is 13.6. The number of para-hydroxylation sites is 1. The number of amides is 2. The van der Waals surface area contributed by atoms with Crippen LogP contribution in [0.5, 0.6) is 5.75 Å². The Morgan fingerprint density at radius 3 is 2.57 bits per heavy atom. The maximum Gasteiger partial charge on any atom is 0.289 e. The highest BCUT2D eigenvalue weighted by atomic mass is 35.5. The van der Waals surface area contributed by atoms with E-state index in [1.807, 2.05) is 19.9 Å². The van der Waals surface area contributed by atoms with Gasteiger partial charge in [0.05, 0.1) is 10.7 Å². The molecule has 30 heavy (non-hydrogen) atoms. The molecular weight excluding hydrogens is 413 g/mol. The molecule has 2 heterocycles. The SMILES string of the molecule is Cc1cc(C)n(-c2ccc(Cl)c(C(=O)NNC(=O)C(C)Oc3ccccc3F)n2)n1. The van der Waals surface area contributed by atoms with Crippen LogP contribution >= 0.6 is 11.6 Å². The quantitative estimate of drug-likeness (QED) is 0.605. The summed E-state index contributed by atoms with van der Waals surface area (Å²) in [5, 5.41) is 4.42. The Labute approximate surface area is 177 Å². The van der Waals surface area contributed by atoms with Gasteiger partial charge < -0.3 is 4.74 Å². The third kappa shape index (κ3) is 4.74. The molecule has 10 heteroatoms. The summed E-state index contributed by atoms with van der Waals surface area (Å²) >= 11 is 6.09. The number of halogens is 2. The lowest BCUT2D eigenvalue weighted by molar-refractivity contribution is -0.128. The summed E-state index contributed by atoms with van der Waals surface area (Å²) in [6, 6.07) is 10.7. The molecule has 0 saturated carbocycles. The Morgan fingerprint density at radius 1 is 1.17 bits per heavy atom. The molecule has 0 saturated heterocycles.